The van der Waals surface area contributed by atoms with E-state index in [2.05, 4.69) is 0 Å². The van der Waals surface area contributed by atoms with Crippen LogP contribution in [-0.4, -0.2) is 0 Å². The van der Waals surface area contributed by atoms with Gasteiger partial charge < -0.3 is 0 Å². The Kier molecular flexibility index (Phi) is 24.5. The molecule has 0 radical (unpaired) electrons. The van der Waals surface area contributed by atoms with Crippen LogP contribution in [0.4, 0.5) is 0 Å². The Labute approximate surface area is 242 Å². The van der Waals surface area contributed by atoms with Crippen molar-refractivity contribution in [1.29, 1.82) is 0 Å². The van der Waals surface area contributed by atoms with E-state index in [0.717, 1.165) is 11.8 Å². The highest BCUT2D eigenvalue weighted by Crippen LogP contribution is 2.30. The van der Waals surface area contributed by atoms with Gasteiger partial charge in [0.1, 0.15) is 0 Å². The van der Waals surface area contributed by atoms with Crippen molar-refractivity contribution in [1.82, 2.24) is 0 Å². The van der Waals surface area contributed by atoms with Crippen LogP contribution in [0.2, 0.25) is 0 Å². The van der Waals surface area contributed by atoms with E-state index in [1.54, 1.807) is 38.5 Å². The molecule has 0 amide bonds. The number of hydrogen-bond donors (Lipinski definition) is 0. The van der Waals surface area contributed by atoms with Gasteiger partial charge in [-0.1, -0.05) is 231 Å². The Morgan fingerprint density at radius 3 is 0.421 bits per heavy atom. The van der Waals surface area contributed by atoms with Crippen LogP contribution in [0.15, 0.2) is 0 Å². The maximum absolute atomic E-state index is 1.56. The summed E-state index contributed by atoms with van der Waals surface area (Å²) in [5, 5.41) is 0. The zero-order valence-electron chi connectivity index (χ0n) is 26.6. The number of rotatable bonds is 0. The summed E-state index contributed by atoms with van der Waals surface area (Å²) < 4.78 is 0. The van der Waals surface area contributed by atoms with Gasteiger partial charge in [0.25, 0.3) is 0 Å². The van der Waals surface area contributed by atoms with E-state index >= 15 is 0 Å². The Morgan fingerprint density at radius 2 is 0.263 bits per heavy atom. The summed E-state index contributed by atoms with van der Waals surface area (Å²) in [4.78, 5) is 0. The molecule has 0 aliphatic heterocycles. The molecule has 0 aromatic rings. The number of hydrogen-bond acceptors (Lipinski definition) is 0. The monoisotopic (exact) mass is 531 g/mol. The first-order valence-electron chi connectivity index (χ1n) is 18.9. The fourth-order valence-electron chi connectivity index (χ4n) is 7.67. The molecule has 2 bridgehead atoms. The van der Waals surface area contributed by atoms with Gasteiger partial charge in [0.15, 0.2) is 0 Å². The van der Waals surface area contributed by atoms with E-state index in [1.165, 1.54) is 193 Å². The van der Waals surface area contributed by atoms with Gasteiger partial charge >= 0.3 is 0 Å². The fraction of sp³-hybridized carbons (Fsp3) is 1.00. The highest BCUT2D eigenvalue weighted by molar-refractivity contribution is 4.68. The summed E-state index contributed by atoms with van der Waals surface area (Å²) in [5.41, 5.74) is 0. The molecule has 0 saturated heterocycles. The van der Waals surface area contributed by atoms with Crippen LogP contribution >= 0.6 is 0 Å². The summed E-state index contributed by atoms with van der Waals surface area (Å²) in [6.07, 6.45) is 54.6. The minimum absolute atomic E-state index is 1.04. The minimum Gasteiger partial charge on any atom is -0.0533 e. The van der Waals surface area contributed by atoms with Gasteiger partial charge in [-0.2, -0.15) is 0 Å². The number of fused-ring (bicyclic) bond motifs is 3. The van der Waals surface area contributed by atoms with E-state index < -0.39 is 0 Å². The lowest BCUT2D eigenvalue weighted by Crippen LogP contribution is -2.07. The molecule has 2 aliphatic carbocycles. The molecule has 2 rings (SSSR count). The van der Waals surface area contributed by atoms with Gasteiger partial charge in [0, 0.05) is 0 Å². The van der Waals surface area contributed by atoms with Crippen molar-refractivity contribution >= 4 is 0 Å². The Hall–Kier alpha value is 0. The molecule has 2 fully saturated rings. The first kappa shape index (κ1) is 34.2. The highest BCUT2D eigenvalue weighted by Gasteiger charge is 2.14. The molecule has 2 aliphatic rings. The van der Waals surface area contributed by atoms with E-state index in [-0.39, 0.29) is 0 Å². The lowest BCUT2D eigenvalue weighted by atomic mass is 9.84. The second-order valence-corrected chi connectivity index (χ2v) is 14.1. The maximum Gasteiger partial charge on any atom is -0.0414 e. The van der Waals surface area contributed by atoms with Crippen molar-refractivity contribution in [3.8, 4) is 0 Å². The third-order valence-corrected chi connectivity index (χ3v) is 10.4. The fourth-order valence-corrected chi connectivity index (χ4v) is 7.67. The molecular weight excluding hydrogens is 456 g/mol. The van der Waals surface area contributed by atoms with Gasteiger partial charge in [-0.25, -0.2) is 0 Å². The van der Waals surface area contributed by atoms with E-state index in [9.17, 15) is 0 Å². The van der Waals surface area contributed by atoms with Crippen LogP contribution in [-0.2, 0) is 0 Å². The SMILES string of the molecule is C1CCCCCCCCCC2CCCCCCCCCCCCCCCCC(CCCCCCCC1)CC2. The molecule has 0 N–H and O–H groups in total. The average Bonchev–Trinajstić information content (AvgIpc) is 2.92. The molecule has 0 spiro atoms. The van der Waals surface area contributed by atoms with Crippen molar-refractivity contribution in [2.24, 2.45) is 11.8 Å². The summed E-state index contributed by atoms with van der Waals surface area (Å²) in [6.45, 7) is 0. The average molecular weight is 531 g/mol. The molecule has 0 nitrogen and oxygen atoms in total. The zero-order chi connectivity index (χ0) is 26.6. The predicted octanol–water partition coefficient (Wildman–Crippen LogP) is 14.3. The minimum atomic E-state index is 1.04. The van der Waals surface area contributed by atoms with Gasteiger partial charge in [0.2, 0.25) is 0 Å². The lowest BCUT2D eigenvalue weighted by Gasteiger charge is -2.22. The quantitative estimate of drug-likeness (QED) is 0.292. The third kappa shape index (κ3) is 21.8. The maximum atomic E-state index is 1.56. The molecule has 2 saturated carbocycles. The van der Waals surface area contributed by atoms with E-state index in [0.29, 0.717) is 0 Å². The molecule has 0 heteroatoms. The Morgan fingerprint density at radius 1 is 0.132 bits per heavy atom. The molecular formula is C38H74. The second-order valence-electron chi connectivity index (χ2n) is 14.1. The first-order chi connectivity index (χ1) is 18.9. The highest BCUT2D eigenvalue weighted by atomic mass is 14.2. The van der Waals surface area contributed by atoms with Crippen molar-refractivity contribution in [2.45, 2.75) is 231 Å². The van der Waals surface area contributed by atoms with Crippen LogP contribution in [0.5, 0.6) is 0 Å². The summed E-state index contributed by atoms with van der Waals surface area (Å²) >= 11 is 0. The topological polar surface area (TPSA) is 0 Å². The lowest BCUT2D eigenvalue weighted by molar-refractivity contribution is 0.308. The third-order valence-electron chi connectivity index (χ3n) is 10.4. The van der Waals surface area contributed by atoms with Crippen LogP contribution in [0.3, 0.4) is 0 Å². The smallest absolute Gasteiger partial charge is 0.0414 e. The Bertz CT molecular complexity index is 411. The zero-order valence-corrected chi connectivity index (χ0v) is 26.6. The predicted molar refractivity (Wildman–Crippen MR) is 173 cm³/mol. The van der Waals surface area contributed by atoms with Gasteiger partial charge in [0.05, 0.1) is 0 Å². The molecule has 226 valence electrons. The van der Waals surface area contributed by atoms with Crippen LogP contribution < -0.4 is 0 Å². The molecule has 2 unspecified atom stereocenters. The normalized spacial score (nSPS) is 28.4. The Balaban J connectivity index is 1.83. The summed E-state index contributed by atoms with van der Waals surface area (Å²) in [6, 6.07) is 0. The summed E-state index contributed by atoms with van der Waals surface area (Å²) in [7, 11) is 0. The second kappa shape index (κ2) is 27.2. The van der Waals surface area contributed by atoms with Gasteiger partial charge in [-0.3, -0.25) is 0 Å². The van der Waals surface area contributed by atoms with Crippen molar-refractivity contribution in [2.75, 3.05) is 0 Å². The van der Waals surface area contributed by atoms with Crippen LogP contribution in [0.1, 0.15) is 231 Å². The standard InChI is InChI=1S/C38H74/c1-2-4-8-12-16-20-24-28-32-38-34-30-26-22-18-14-10-6-5-9-13-17-21-25-29-33-37(35-36-38)31-27-23-19-15-11-7-3-1/h37-38H,1-36H2. The molecule has 38 heavy (non-hydrogen) atoms. The molecule has 2 atom stereocenters. The van der Waals surface area contributed by atoms with E-state index in [1.807, 2.05) is 0 Å². The first-order valence-corrected chi connectivity index (χ1v) is 18.9. The molecule has 0 heterocycles. The molecule has 0 aromatic carbocycles. The van der Waals surface area contributed by atoms with Crippen LogP contribution in [0, 0.1) is 11.8 Å². The van der Waals surface area contributed by atoms with Gasteiger partial charge in [-0.05, 0) is 11.8 Å². The van der Waals surface area contributed by atoms with Gasteiger partial charge in [-0.15, -0.1) is 0 Å². The van der Waals surface area contributed by atoms with E-state index in [4.69, 9.17) is 0 Å². The van der Waals surface area contributed by atoms with Crippen molar-refractivity contribution < 1.29 is 0 Å². The largest absolute Gasteiger partial charge is 0.0533 e. The molecule has 0 aromatic heterocycles. The summed E-state index contributed by atoms with van der Waals surface area (Å²) in [5.74, 6) is 2.09. The van der Waals surface area contributed by atoms with Crippen LogP contribution in [0.25, 0.3) is 0 Å². The van der Waals surface area contributed by atoms with Crippen molar-refractivity contribution in [3.05, 3.63) is 0 Å². The van der Waals surface area contributed by atoms with Crippen molar-refractivity contribution in [3.63, 3.8) is 0 Å².